The summed E-state index contributed by atoms with van der Waals surface area (Å²) < 4.78 is 10.6. The number of aromatic nitrogens is 1. The zero-order valence-electron chi connectivity index (χ0n) is 13.6. The highest BCUT2D eigenvalue weighted by atomic mass is 16.6. The third kappa shape index (κ3) is 3.10. The van der Waals surface area contributed by atoms with Gasteiger partial charge in [-0.3, -0.25) is 10.1 Å². The average Bonchev–Trinajstić information content (AvgIpc) is 3.11. The van der Waals surface area contributed by atoms with E-state index in [2.05, 4.69) is 4.98 Å². The Kier molecular flexibility index (Phi) is 4.50. The molecule has 3 rings (SSSR count). The summed E-state index contributed by atoms with van der Waals surface area (Å²) in [5.41, 5.74) is 1.15. The molecule has 0 spiro atoms. The molecular weight excluding hydrogens is 310 g/mol. The Labute approximate surface area is 140 Å². The van der Waals surface area contributed by atoms with Crippen LogP contribution in [0.4, 0.5) is 11.5 Å². The molecule has 0 saturated carbocycles. The standard InChI is InChI=1S/C17H19N3O4/c1-23-14-8-13(9-15(10-14)24-2)12-5-7-19(11-12)17-16(20(21)22)4-3-6-18-17/h3-4,6,8-10,12H,5,7,11H2,1-2H3/t12-/m0/s1. The highest BCUT2D eigenvalue weighted by molar-refractivity contribution is 5.58. The first-order chi connectivity index (χ1) is 11.6. The fraction of sp³-hybridized carbons (Fsp3) is 0.353. The lowest BCUT2D eigenvalue weighted by molar-refractivity contribution is -0.384. The van der Waals surface area contributed by atoms with Crippen molar-refractivity contribution in [1.29, 1.82) is 0 Å². The Bertz CT molecular complexity index is 728. The predicted octanol–water partition coefficient (Wildman–Crippen LogP) is 3.00. The Morgan fingerprint density at radius 3 is 2.58 bits per heavy atom. The maximum atomic E-state index is 11.2. The van der Waals surface area contributed by atoms with Gasteiger partial charge in [-0.1, -0.05) is 0 Å². The molecule has 1 saturated heterocycles. The number of rotatable bonds is 5. The van der Waals surface area contributed by atoms with Crippen molar-refractivity contribution in [3.63, 3.8) is 0 Å². The Balaban J connectivity index is 1.85. The van der Waals surface area contributed by atoms with Gasteiger partial charge >= 0.3 is 5.69 Å². The van der Waals surface area contributed by atoms with Crippen molar-refractivity contribution in [2.45, 2.75) is 12.3 Å². The highest BCUT2D eigenvalue weighted by Crippen LogP contribution is 2.36. The summed E-state index contributed by atoms with van der Waals surface area (Å²) in [5, 5.41) is 11.2. The second-order valence-corrected chi connectivity index (χ2v) is 5.68. The van der Waals surface area contributed by atoms with Crippen LogP contribution in [0, 0.1) is 10.1 Å². The van der Waals surface area contributed by atoms with Crippen LogP contribution in [0.5, 0.6) is 11.5 Å². The molecule has 0 aliphatic carbocycles. The lowest BCUT2D eigenvalue weighted by Gasteiger charge is -2.18. The summed E-state index contributed by atoms with van der Waals surface area (Å²) in [4.78, 5) is 17.0. The predicted molar refractivity (Wildman–Crippen MR) is 90.0 cm³/mol. The van der Waals surface area contributed by atoms with Crippen LogP contribution in [0.25, 0.3) is 0 Å². The van der Waals surface area contributed by atoms with Crippen LogP contribution >= 0.6 is 0 Å². The SMILES string of the molecule is COc1cc(OC)cc([C@H]2CCN(c3ncccc3[N+](=O)[O-])C2)c1. The van der Waals surface area contributed by atoms with Gasteiger partial charge in [0.25, 0.3) is 0 Å². The molecule has 0 N–H and O–H groups in total. The zero-order valence-corrected chi connectivity index (χ0v) is 13.6. The van der Waals surface area contributed by atoms with Crippen LogP contribution in [0.15, 0.2) is 36.5 Å². The van der Waals surface area contributed by atoms with E-state index >= 15 is 0 Å². The third-order valence-corrected chi connectivity index (χ3v) is 4.30. The third-order valence-electron chi connectivity index (χ3n) is 4.30. The van der Waals surface area contributed by atoms with Crippen molar-refractivity contribution >= 4 is 11.5 Å². The lowest BCUT2D eigenvalue weighted by Crippen LogP contribution is -2.21. The molecule has 7 heteroatoms. The molecule has 0 amide bonds. The number of hydrogen-bond donors (Lipinski definition) is 0. The largest absolute Gasteiger partial charge is 0.497 e. The summed E-state index contributed by atoms with van der Waals surface area (Å²) >= 11 is 0. The van der Waals surface area contributed by atoms with Crippen LogP contribution in [0.3, 0.4) is 0 Å². The fourth-order valence-corrected chi connectivity index (χ4v) is 3.06. The van der Waals surface area contributed by atoms with Gasteiger partial charge in [0.05, 0.1) is 19.1 Å². The van der Waals surface area contributed by atoms with E-state index in [1.807, 2.05) is 23.1 Å². The van der Waals surface area contributed by atoms with Crippen molar-refractivity contribution in [2.24, 2.45) is 0 Å². The second-order valence-electron chi connectivity index (χ2n) is 5.68. The van der Waals surface area contributed by atoms with E-state index in [0.29, 0.717) is 12.4 Å². The van der Waals surface area contributed by atoms with Crippen LogP contribution in [0.1, 0.15) is 17.9 Å². The average molecular weight is 329 g/mol. The van der Waals surface area contributed by atoms with Gasteiger partial charge in [0.15, 0.2) is 0 Å². The molecule has 0 bridgehead atoms. The van der Waals surface area contributed by atoms with Gasteiger partial charge in [0, 0.05) is 37.3 Å². The summed E-state index contributed by atoms with van der Waals surface area (Å²) in [6, 6.07) is 8.89. The Hall–Kier alpha value is -2.83. The van der Waals surface area contributed by atoms with Gasteiger partial charge in [-0.05, 0) is 30.2 Å². The summed E-state index contributed by atoms with van der Waals surface area (Å²) in [6.07, 6.45) is 2.48. The number of hydrogen-bond acceptors (Lipinski definition) is 6. The monoisotopic (exact) mass is 329 g/mol. The minimum atomic E-state index is -0.385. The molecule has 1 aliphatic heterocycles. The maximum Gasteiger partial charge on any atom is 0.311 e. The minimum absolute atomic E-state index is 0.0429. The molecule has 24 heavy (non-hydrogen) atoms. The number of nitro groups is 1. The van der Waals surface area contributed by atoms with Gasteiger partial charge in [0.1, 0.15) is 11.5 Å². The minimum Gasteiger partial charge on any atom is -0.497 e. The molecule has 126 valence electrons. The van der Waals surface area contributed by atoms with Crippen LogP contribution in [-0.2, 0) is 0 Å². The van der Waals surface area contributed by atoms with E-state index in [4.69, 9.17) is 9.47 Å². The number of pyridine rings is 1. The summed E-state index contributed by atoms with van der Waals surface area (Å²) in [7, 11) is 3.24. The molecule has 1 aromatic carbocycles. The smallest absolute Gasteiger partial charge is 0.311 e. The Morgan fingerprint density at radius 1 is 1.25 bits per heavy atom. The molecule has 0 unspecified atom stereocenters. The normalized spacial score (nSPS) is 16.9. The van der Waals surface area contributed by atoms with E-state index in [9.17, 15) is 10.1 Å². The van der Waals surface area contributed by atoms with Gasteiger partial charge in [-0.15, -0.1) is 0 Å². The number of benzene rings is 1. The number of ether oxygens (including phenoxy) is 2. The van der Waals surface area contributed by atoms with Gasteiger partial charge in [-0.25, -0.2) is 4.98 Å². The van der Waals surface area contributed by atoms with Crippen molar-refractivity contribution < 1.29 is 14.4 Å². The zero-order chi connectivity index (χ0) is 17.1. The van der Waals surface area contributed by atoms with E-state index in [-0.39, 0.29) is 16.5 Å². The maximum absolute atomic E-state index is 11.2. The summed E-state index contributed by atoms with van der Waals surface area (Å²) in [6.45, 7) is 1.40. The van der Waals surface area contributed by atoms with Crippen LogP contribution in [0.2, 0.25) is 0 Å². The lowest BCUT2D eigenvalue weighted by atomic mass is 9.98. The highest BCUT2D eigenvalue weighted by Gasteiger charge is 2.29. The molecule has 1 aliphatic rings. The molecular formula is C17H19N3O4. The molecule has 0 radical (unpaired) electrons. The first kappa shape index (κ1) is 16.0. The number of anilines is 1. The second kappa shape index (κ2) is 6.74. The van der Waals surface area contributed by atoms with Gasteiger partial charge in [0.2, 0.25) is 5.82 Å². The number of nitrogens with zero attached hydrogens (tertiary/aromatic N) is 3. The molecule has 2 aromatic rings. The molecule has 1 fully saturated rings. The quantitative estimate of drug-likeness (QED) is 0.620. The van der Waals surface area contributed by atoms with E-state index in [0.717, 1.165) is 30.0 Å². The number of methoxy groups -OCH3 is 2. The van der Waals surface area contributed by atoms with E-state index < -0.39 is 0 Å². The fourth-order valence-electron chi connectivity index (χ4n) is 3.06. The van der Waals surface area contributed by atoms with Crippen molar-refractivity contribution in [3.05, 3.63) is 52.2 Å². The molecule has 1 atom stereocenters. The topological polar surface area (TPSA) is 77.7 Å². The molecule has 2 heterocycles. The first-order valence-corrected chi connectivity index (χ1v) is 7.69. The van der Waals surface area contributed by atoms with Crippen molar-refractivity contribution in [1.82, 2.24) is 4.98 Å². The van der Waals surface area contributed by atoms with Gasteiger partial charge < -0.3 is 14.4 Å². The Morgan fingerprint density at radius 2 is 1.96 bits per heavy atom. The van der Waals surface area contributed by atoms with Crippen molar-refractivity contribution in [3.8, 4) is 11.5 Å². The van der Waals surface area contributed by atoms with E-state index in [1.54, 1.807) is 26.5 Å². The molecule has 7 nitrogen and oxygen atoms in total. The van der Waals surface area contributed by atoms with Crippen molar-refractivity contribution in [2.75, 3.05) is 32.2 Å². The van der Waals surface area contributed by atoms with E-state index in [1.165, 1.54) is 6.07 Å². The van der Waals surface area contributed by atoms with Crippen LogP contribution in [-0.4, -0.2) is 37.2 Å². The summed E-state index contributed by atoms with van der Waals surface area (Å²) in [5.74, 6) is 2.16. The van der Waals surface area contributed by atoms with Crippen LogP contribution < -0.4 is 14.4 Å². The van der Waals surface area contributed by atoms with Gasteiger partial charge in [-0.2, -0.15) is 0 Å². The first-order valence-electron chi connectivity index (χ1n) is 7.69. The molecule has 1 aromatic heterocycles.